The van der Waals surface area contributed by atoms with Crippen molar-refractivity contribution in [3.8, 4) is 0 Å². The minimum atomic E-state index is -0.818. The number of amides is 4. The molecule has 0 radical (unpaired) electrons. The van der Waals surface area contributed by atoms with Crippen molar-refractivity contribution in [2.24, 2.45) is 0 Å². The minimum Gasteiger partial charge on any atom is -0.462 e. The van der Waals surface area contributed by atoms with Gasteiger partial charge in [-0.25, -0.2) is 9.59 Å². The maximum atomic E-state index is 13.0. The summed E-state index contributed by atoms with van der Waals surface area (Å²) in [6.45, 7) is 5.22. The van der Waals surface area contributed by atoms with Gasteiger partial charge in [-0.1, -0.05) is 19.3 Å². The fourth-order valence-electron chi connectivity index (χ4n) is 4.14. The normalized spacial score (nSPS) is 18.5. The molecule has 1 N–H and O–H groups in total. The molecule has 1 spiro atoms. The topological polar surface area (TPSA) is 96.0 Å². The number of imide groups is 1. The molecule has 9 heteroatoms. The third-order valence-electron chi connectivity index (χ3n) is 5.90. The molecular weight excluding hydrogens is 394 g/mol. The number of nitrogens with zero attached hydrogens (tertiary/aromatic N) is 2. The number of esters is 1. The van der Waals surface area contributed by atoms with Gasteiger partial charge in [0.05, 0.1) is 12.2 Å². The van der Waals surface area contributed by atoms with Crippen LogP contribution in [0.3, 0.4) is 0 Å². The quantitative estimate of drug-likeness (QED) is 0.582. The highest BCUT2D eigenvalue weighted by Crippen LogP contribution is 2.39. The molecular formula is C20H27N3O5S. The van der Waals surface area contributed by atoms with Crippen LogP contribution in [-0.2, 0) is 14.3 Å². The van der Waals surface area contributed by atoms with E-state index in [1.807, 2.05) is 6.92 Å². The predicted octanol–water partition coefficient (Wildman–Crippen LogP) is 3.08. The van der Waals surface area contributed by atoms with Crippen LogP contribution in [-0.4, -0.2) is 59.4 Å². The molecule has 1 aromatic heterocycles. The van der Waals surface area contributed by atoms with Crippen LogP contribution in [0.25, 0.3) is 0 Å². The molecule has 0 unspecified atom stereocenters. The van der Waals surface area contributed by atoms with Gasteiger partial charge in [0.15, 0.2) is 0 Å². The van der Waals surface area contributed by atoms with Gasteiger partial charge in [0.25, 0.3) is 5.91 Å². The second kappa shape index (κ2) is 8.14. The first-order valence-electron chi connectivity index (χ1n) is 9.89. The zero-order valence-corrected chi connectivity index (χ0v) is 18.1. The van der Waals surface area contributed by atoms with Crippen LogP contribution >= 0.6 is 11.3 Å². The number of aryl methyl sites for hydroxylation is 1. The van der Waals surface area contributed by atoms with E-state index in [9.17, 15) is 19.2 Å². The van der Waals surface area contributed by atoms with Crippen molar-refractivity contribution in [3.05, 3.63) is 16.0 Å². The van der Waals surface area contributed by atoms with Crippen molar-refractivity contribution in [1.29, 1.82) is 0 Å². The lowest BCUT2D eigenvalue weighted by Crippen LogP contribution is -2.49. The summed E-state index contributed by atoms with van der Waals surface area (Å²) in [5.74, 6) is -1.32. The molecule has 0 aromatic carbocycles. The van der Waals surface area contributed by atoms with Gasteiger partial charge in [-0.05, 0) is 39.2 Å². The lowest BCUT2D eigenvalue weighted by atomic mass is 9.81. The Morgan fingerprint density at radius 2 is 1.83 bits per heavy atom. The second-order valence-corrected chi connectivity index (χ2v) is 8.81. The molecule has 4 amide bonds. The third-order valence-corrected chi connectivity index (χ3v) is 7.03. The zero-order chi connectivity index (χ0) is 21.3. The number of carbonyl (C=O) groups is 4. The molecule has 2 aliphatic rings. The van der Waals surface area contributed by atoms with Crippen molar-refractivity contribution in [2.75, 3.05) is 25.5 Å². The van der Waals surface area contributed by atoms with Crippen molar-refractivity contribution < 1.29 is 23.9 Å². The monoisotopic (exact) mass is 421 g/mol. The van der Waals surface area contributed by atoms with Crippen molar-refractivity contribution in [2.45, 2.75) is 58.4 Å². The molecule has 1 aliphatic heterocycles. The predicted molar refractivity (Wildman–Crippen MR) is 109 cm³/mol. The van der Waals surface area contributed by atoms with Crippen LogP contribution in [0.4, 0.5) is 9.80 Å². The van der Waals surface area contributed by atoms with Crippen LogP contribution in [0, 0.1) is 13.8 Å². The molecule has 8 nitrogen and oxygen atoms in total. The van der Waals surface area contributed by atoms with E-state index in [2.05, 4.69) is 5.32 Å². The number of ether oxygens (including phenoxy) is 1. The minimum absolute atomic E-state index is 0.228. The fourth-order valence-corrected chi connectivity index (χ4v) is 5.21. The number of anilines is 1. The first-order valence-corrected chi connectivity index (χ1v) is 10.7. The molecule has 158 valence electrons. The SMILES string of the molecule is CCOC(=O)c1c(NC(=O)CN2C(=O)N(C)C3(CCCCC3)C2=O)sc(C)c1C. The molecule has 1 saturated carbocycles. The van der Waals surface area contributed by atoms with Gasteiger partial charge in [-0.2, -0.15) is 0 Å². The summed E-state index contributed by atoms with van der Waals surface area (Å²) in [4.78, 5) is 54.1. The average Bonchev–Trinajstić information content (AvgIpc) is 3.05. The summed E-state index contributed by atoms with van der Waals surface area (Å²) in [5.41, 5.74) is 0.252. The van der Waals surface area contributed by atoms with Crippen molar-refractivity contribution >= 4 is 40.2 Å². The smallest absolute Gasteiger partial charge is 0.341 e. The first kappa shape index (κ1) is 21.3. The van der Waals surface area contributed by atoms with Crippen molar-refractivity contribution in [3.63, 3.8) is 0 Å². The molecule has 2 heterocycles. The molecule has 0 bridgehead atoms. The summed E-state index contributed by atoms with van der Waals surface area (Å²) >= 11 is 1.27. The van der Waals surface area contributed by atoms with Gasteiger partial charge in [0, 0.05) is 11.9 Å². The average molecular weight is 422 g/mol. The van der Waals surface area contributed by atoms with Crippen molar-refractivity contribution in [1.82, 2.24) is 9.80 Å². The number of thiophene rings is 1. The Morgan fingerprint density at radius 1 is 1.17 bits per heavy atom. The molecule has 1 aliphatic carbocycles. The van der Waals surface area contributed by atoms with Crippen LogP contribution < -0.4 is 5.32 Å². The molecule has 1 saturated heterocycles. The molecule has 0 atom stereocenters. The summed E-state index contributed by atoms with van der Waals surface area (Å²) < 4.78 is 5.09. The lowest BCUT2D eigenvalue weighted by Gasteiger charge is -2.35. The van der Waals surface area contributed by atoms with E-state index in [0.29, 0.717) is 23.4 Å². The number of likely N-dealkylation sites (N-methyl/N-ethyl adjacent to an activating group) is 1. The van der Waals surface area contributed by atoms with Crippen LogP contribution in [0.15, 0.2) is 0 Å². The first-order chi connectivity index (χ1) is 13.7. The Balaban J connectivity index is 1.76. The summed E-state index contributed by atoms with van der Waals surface area (Å²) in [5, 5.41) is 3.08. The fraction of sp³-hybridized carbons (Fsp3) is 0.600. The molecule has 2 fully saturated rings. The molecule has 29 heavy (non-hydrogen) atoms. The van der Waals surface area contributed by atoms with E-state index >= 15 is 0 Å². The summed E-state index contributed by atoms with van der Waals surface area (Å²) in [6, 6.07) is -0.448. The van der Waals surface area contributed by atoms with E-state index in [4.69, 9.17) is 4.74 Å². The van der Waals surface area contributed by atoms with Gasteiger partial charge in [-0.3, -0.25) is 14.5 Å². The Labute approximate surface area is 174 Å². The maximum Gasteiger partial charge on any atom is 0.341 e. The van der Waals surface area contributed by atoms with Gasteiger partial charge in [-0.15, -0.1) is 11.3 Å². The van der Waals surface area contributed by atoms with E-state index in [-0.39, 0.29) is 19.1 Å². The van der Waals surface area contributed by atoms with Crippen LogP contribution in [0.2, 0.25) is 0 Å². The van der Waals surface area contributed by atoms with Gasteiger partial charge in [0.2, 0.25) is 5.91 Å². The Hall–Kier alpha value is -2.42. The van der Waals surface area contributed by atoms with E-state index in [0.717, 1.165) is 34.6 Å². The van der Waals surface area contributed by atoms with Gasteiger partial charge in [0.1, 0.15) is 17.1 Å². The number of nitrogens with one attached hydrogen (secondary N) is 1. The van der Waals surface area contributed by atoms with Gasteiger partial charge >= 0.3 is 12.0 Å². The largest absolute Gasteiger partial charge is 0.462 e. The highest BCUT2D eigenvalue weighted by atomic mass is 32.1. The number of hydrogen-bond acceptors (Lipinski definition) is 6. The van der Waals surface area contributed by atoms with E-state index in [1.165, 1.54) is 16.2 Å². The van der Waals surface area contributed by atoms with Crippen LogP contribution in [0.5, 0.6) is 0 Å². The second-order valence-electron chi connectivity index (χ2n) is 7.58. The summed E-state index contributed by atoms with van der Waals surface area (Å²) in [7, 11) is 1.63. The van der Waals surface area contributed by atoms with Crippen LogP contribution in [0.1, 0.15) is 59.8 Å². The highest BCUT2D eigenvalue weighted by molar-refractivity contribution is 7.16. The molecule has 1 aromatic rings. The van der Waals surface area contributed by atoms with E-state index in [1.54, 1.807) is 20.9 Å². The number of urea groups is 1. The lowest BCUT2D eigenvalue weighted by molar-refractivity contribution is -0.136. The Kier molecular flexibility index (Phi) is 5.97. The molecule has 3 rings (SSSR count). The maximum absolute atomic E-state index is 13.0. The number of rotatable bonds is 5. The Morgan fingerprint density at radius 3 is 2.45 bits per heavy atom. The number of hydrogen-bond donors (Lipinski definition) is 1. The third kappa shape index (κ3) is 3.63. The summed E-state index contributed by atoms with van der Waals surface area (Å²) in [6.07, 6.45) is 4.08. The Bertz CT molecular complexity index is 857. The zero-order valence-electron chi connectivity index (χ0n) is 17.3. The van der Waals surface area contributed by atoms with Gasteiger partial charge < -0.3 is 15.0 Å². The number of carbonyl (C=O) groups excluding carboxylic acids is 4. The highest BCUT2D eigenvalue weighted by Gasteiger charge is 2.55. The van der Waals surface area contributed by atoms with E-state index < -0.39 is 23.4 Å². The standard InChI is InChI=1S/C20H27N3O5S/c1-5-28-17(25)15-12(2)13(3)29-16(15)21-14(24)11-23-18(26)20(22(4)19(23)27)9-7-6-8-10-20/h5-11H2,1-4H3,(H,21,24).